The Labute approximate surface area is 165 Å². The molecule has 144 valence electrons. The Bertz CT molecular complexity index is 1070. The molecule has 0 radical (unpaired) electrons. The van der Waals surface area contributed by atoms with E-state index in [0.29, 0.717) is 42.2 Å². The molecule has 2 aromatic rings. The number of amides is 2. The molecule has 6 nitrogen and oxygen atoms in total. The summed E-state index contributed by atoms with van der Waals surface area (Å²) in [6.45, 7) is 0.880. The second-order valence-electron chi connectivity index (χ2n) is 6.95. The molecule has 1 unspecified atom stereocenters. The van der Waals surface area contributed by atoms with Crippen LogP contribution in [0.4, 0.5) is 4.39 Å². The van der Waals surface area contributed by atoms with Crippen molar-refractivity contribution in [2.45, 2.75) is 18.4 Å². The first-order chi connectivity index (χ1) is 13.3. The number of likely N-dealkylation sites (N-methyl/N-ethyl adjacent to an activating group) is 1. The molecule has 2 aliphatic rings. The number of carbonyl (C=O) groups is 2. The van der Waals surface area contributed by atoms with Crippen molar-refractivity contribution in [3.8, 4) is 28.0 Å². The van der Waals surface area contributed by atoms with Crippen LogP contribution in [-0.2, 0) is 11.2 Å². The van der Waals surface area contributed by atoms with Crippen LogP contribution >= 0.6 is 11.3 Å². The highest BCUT2D eigenvalue weighted by Crippen LogP contribution is 2.41. The number of ether oxygens (including phenoxy) is 1. The minimum atomic E-state index is -1.31. The van der Waals surface area contributed by atoms with Crippen LogP contribution in [0, 0.1) is 17.7 Å². The number of primary amides is 1. The van der Waals surface area contributed by atoms with Crippen LogP contribution < -0.4 is 16.2 Å². The average Bonchev–Trinajstić information content (AvgIpc) is 3.14. The third-order valence-electron chi connectivity index (χ3n) is 4.98. The summed E-state index contributed by atoms with van der Waals surface area (Å²) in [5.41, 5.74) is 11.9. The van der Waals surface area contributed by atoms with E-state index in [1.54, 1.807) is 19.2 Å². The van der Waals surface area contributed by atoms with E-state index < -0.39 is 17.3 Å². The summed E-state index contributed by atoms with van der Waals surface area (Å²) in [4.78, 5) is 26.5. The number of carbonyl (C=O) groups excluding carboxylic acids is 2. The van der Waals surface area contributed by atoms with Crippen LogP contribution in [0.5, 0.6) is 5.75 Å². The molecule has 28 heavy (non-hydrogen) atoms. The van der Waals surface area contributed by atoms with E-state index in [4.69, 9.17) is 16.2 Å². The zero-order valence-corrected chi connectivity index (χ0v) is 16.0. The van der Waals surface area contributed by atoms with Gasteiger partial charge in [0, 0.05) is 42.9 Å². The Hall–Kier alpha value is -2.89. The smallest absolute Gasteiger partial charge is 0.258 e. The highest BCUT2D eigenvalue weighted by atomic mass is 32.1. The number of fused-ring (bicyclic) bond motifs is 3. The van der Waals surface area contributed by atoms with Crippen LogP contribution in [0.2, 0.25) is 0 Å². The molecule has 0 aliphatic carbocycles. The average molecular weight is 399 g/mol. The summed E-state index contributed by atoms with van der Waals surface area (Å²) in [6.07, 6.45) is 0.977. The van der Waals surface area contributed by atoms with Gasteiger partial charge in [-0.2, -0.15) is 0 Å². The fourth-order valence-electron chi connectivity index (χ4n) is 3.37. The minimum absolute atomic E-state index is 0.122. The number of hydrogen-bond donors (Lipinski definition) is 2. The Balaban J connectivity index is 1.79. The molecule has 1 aromatic carbocycles. The largest absolute Gasteiger partial charge is 0.492 e. The molecule has 1 aromatic heterocycles. The molecule has 1 fully saturated rings. The number of halogens is 1. The van der Waals surface area contributed by atoms with Crippen LogP contribution in [0.25, 0.3) is 10.4 Å². The molecule has 4 rings (SSSR count). The number of benzene rings is 1. The monoisotopic (exact) mass is 399 g/mol. The third-order valence-corrected chi connectivity index (χ3v) is 6.21. The highest BCUT2D eigenvalue weighted by Gasteiger charge is 2.40. The predicted molar refractivity (Wildman–Crippen MR) is 103 cm³/mol. The Kier molecular flexibility index (Phi) is 4.37. The van der Waals surface area contributed by atoms with Crippen LogP contribution in [0.3, 0.4) is 0 Å². The maximum Gasteiger partial charge on any atom is 0.258 e. The molecule has 2 amide bonds. The maximum atomic E-state index is 14.6. The van der Waals surface area contributed by atoms with Crippen LogP contribution in [-0.4, -0.2) is 42.5 Å². The van der Waals surface area contributed by atoms with E-state index in [0.717, 1.165) is 10.4 Å². The zero-order chi connectivity index (χ0) is 20.1. The van der Waals surface area contributed by atoms with E-state index >= 15 is 0 Å². The van der Waals surface area contributed by atoms with E-state index in [2.05, 4.69) is 11.8 Å². The lowest BCUT2D eigenvalue weighted by atomic mass is 9.98. The zero-order valence-electron chi connectivity index (χ0n) is 15.2. The molecule has 1 atom stereocenters. The van der Waals surface area contributed by atoms with Gasteiger partial charge in [0.15, 0.2) is 5.54 Å². The Morgan fingerprint density at radius 2 is 2.18 bits per heavy atom. The van der Waals surface area contributed by atoms with E-state index in [9.17, 15) is 14.0 Å². The summed E-state index contributed by atoms with van der Waals surface area (Å²) in [5, 5.41) is 0. The first-order valence-electron chi connectivity index (χ1n) is 8.75. The number of nitrogens with zero attached hydrogens (tertiary/aromatic N) is 1. The molecule has 0 saturated carbocycles. The van der Waals surface area contributed by atoms with Crippen molar-refractivity contribution in [2.75, 3.05) is 20.2 Å². The maximum absolute atomic E-state index is 14.6. The van der Waals surface area contributed by atoms with Gasteiger partial charge < -0.3 is 21.1 Å². The fraction of sp³-hybridized carbons (Fsp3) is 0.300. The Morgan fingerprint density at radius 1 is 1.39 bits per heavy atom. The second kappa shape index (κ2) is 6.62. The summed E-state index contributed by atoms with van der Waals surface area (Å²) in [6, 6.07) is 4.61. The highest BCUT2D eigenvalue weighted by molar-refractivity contribution is 7.17. The number of rotatable bonds is 1. The van der Waals surface area contributed by atoms with Gasteiger partial charge in [-0.15, -0.1) is 11.3 Å². The molecule has 0 spiro atoms. The fourth-order valence-corrected chi connectivity index (χ4v) is 4.45. The number of thiophene rings is 1. The van der Waals surface area contributed by atoms with Gasteiger partial charge in [-0.25, -0.2) is 4.39 Å². The van der Waals surface area contributed by atoms with E-state index in [1.165, 1.54) is 22.3 Å². The second-order valence-corrected chi connectivity index (χ2v) is 8.01. The van der Waals surface area contributed by atoms with E-state index in [-0.39, 0.29) is 11.5 Å². The van der Waals surface area contributed by atoms with Gasteiger partial charge in [-0.05, 0) is 17.7 Å². The van der Waals surface area contributed by atoms with Gasteiger partial charge >= 0.3 is 0 Å². The van der Waals surface area contributed by atoms with Gasteiger partial charge in [0.05, 0.1) is 17.0 Å². The quantitative estimate of drug-likeness (QED) is 0.710. The molecular weight excluding hydrogens is 381 g/mol. The molecule has 8 heteroatoms. The van der Waals surface area contributed by atoms with Gasteiger partial charge in [-0.3, -0.25) is 9.59 Å². The molecule has 2 aliphatic heterocycles. The van der Waals surface area contributed by atoms with Gasteiger partial charge in [0.2, 0.25) is 0 Å². The lowest BCUT2D eigenvalue weighted by molar-refractivity contribution is -0.129. The summed E-state index contributed by atoms with van der Waals surface area (Å²) in [7, 11) is 1.66. The predicted octanol–water partition coefficient (Wildman–Crippen LogP) is 1.50. The molecular formula is C20H18FN3O3S. The van der Waals surface area contributed by atoms with Crippen molar-refractivity contribution in [2.24, 2.45) is 11.5 Å². The Morgan fingerprint density at radius 3 is 2.86 bits per heavy atom. The molecule has 3 heterocycles. The lowest BCUT2D eigenvalue weighted by Gasteiger charge is -2.14. The standard InChI is InChI=1S/C20H18FN3O3S/c1-24-6-5-20(23,19(24)26)4-2-11-8-13-15(10-14(11)21)27-7-3-12-9-16(18(22)25)28-17(12)13/h8-10H,3,5-7,23H2,1H3,(H2,22,25). The first kappa shape index (κ1) is 18.5. The van der Waals surface area contributed by atoms with Crippen LogP contribution in [0.15, 0.2) is 18.2 Å². The molecule has 0 bridgehead atoms. The van der Waals surface area contributed by atoms with Crippen molar-refractivity contribution >= 4 is 23.2 Å². The minimum Gasteiger partial charge on any atom is -0.492 e. The first-order valence-corrected chi connectivity index (χ1v) is 9.57. The van der Waals surface area contributed by atoms with Gasteiger partial charge in [0.25, 0.3) is 11.8 Å². The van der Waals surface area contributed by atoms with E-state index in [1.807, 2.05) is 0 Å². The van der Waals surface area contributed by atoms with Crippen LogP contribution in [0.1, 0.15) is 27.2 Å². The third kappa shape index (κ3) is 3.03. The van der Waals surface area contributed by atoms with Crippen molar-refractivity contribution in [1.82, 2.24) is 4.90 Å². The SMILES string of the molecule is CN1CCC(N)(C#Cc2cc3c(cc2F)OCCc2cc(C(N)=O)sc2-3)C1=O. The number of nitrogens with two attached hydrogens (primary N) is 2. The normalized spacial score (nSPS) is 20.5. The summed E-state index contributed by atoms with van der Waals surface area (Å²) >= 11 is 1.25. The number of hydrogen-bond acceptors (Lipinski definition) is 5. The number of likely N-dealkylation sites (tertiary alicyclic amines) is 1. The van der Waals surface area contributed by atoms with Crippen molar-refractivity contribution in [3.63, 3.8) is 0 Å². The van der Waals surface area contributed by atoms with Gasteiger partial charge in [-0.1, -0.05) is 11.8 Å². The lowest BCUT2D eigenvalue weighted by Crippen LogP contribution is -2.45. The topological polar surface area (TPSA) is 98.6 Å². The van der Waals surface area contributed by atoms with Crippen molar-refractivity contribution < 1.29 is 18.7 Å². The van der Waals surface area contributed by atoms with Crippen molar-refractivity contribution in [1.29, 1.82) is 0 Å². The molecule has 4 N–H and O–H groups in total. The molecule has 1 saturated heterocycles. The summed E-state index contributed by atoms with van der Waals surface area (Å²) in [5.74, 6) is 4.55. The van der Waals surface area contributed by atoms with Crippen molar-refractivity contribution in [3.05, 3.63) is 40.0 Å². The summed E-state index contributed by atoms with van der Waals surface area (Å²) < 4.78 is 20.3. The van der Waals surface area contributed by atoms with Gasteiger partial charge in [0.1, 0.15) is 11.6 Å².